The van der Waals surface area contributed by atoms with Crippen molar-refractivity contribution in [3.05, 3.63) is 46.3 Å². The maximum absolute atomic E-state index is 12.3. The Bertz CT molecular complexity index is 847. The second-order valence-corrected chi connectivity index (χ2v) is 10.9. The highest BCUT2D eigenvalue weighted by atomic mass is 32.2. The molecule has 0 fully saturated rings. The van der Waals surface area contributed by atoms with Crippen molar-refractivity contribution in [3.63, 3.8) is 0 Å². The van der Waals surface area contributed by atoms with E-state index in [1.54, 1.807) is 23.6 Å². The summed E-state index contributed by atoms with van der Waals surface area (Å²) in [6.45, 7) is 12.1. The summed E-state index contributed by atoms with van der Waals surface area (Å²) in [7, 11) is -3.70. The van der Waals surface area contributed by atoms with Gasteiger partial charge < -0.3 is 5.11 Å². The molecule has 2 rings (SSSR count). The van der Waals surface area contributed by atoms with Gasteiger partial charge in [0.1, 0.15) is 9.96 Å². The molecule has 0 saturated heterocycles. The zero-order valence-electron chi connectivity index (χ0n) is 15.5. The molecule has 0 spiro atoms. The third-order valence-corrected chi connectivity index (χ3v) is 6.45. The van der Waals surface area contributed by atoms with E-state index >= 15 is 0 Å². The zero-order valence-corrected chi connectivity index (χ0v) is 17.1. The summed E-state index contributed by atoms with van der Waals surface area (Å²) < 4.78 is 28.6. The van der Waals surface area contributed by atoms with Crippen molar-refractivity contribution < 1.29 is 13.5 Å². The molecule has 0 saturated carbocycles. The summed E-state index contributed by atoms with van der Waals surface area (Å²) in [5.41, 5.74) is 1.65. The van der Waals surface area contributed by atoms with E-state index in [0.29, 0.717) is 5.56 Å². The lowest BCUT2D eigenvalue weighted by atomic mass is 9.78. The van der Waals surface area contributed by atoms with Gasteiger partial charge in [0.05, 0.1) is 0 Å². The molecule has 0 unspecified atom stereocenters. The maximum atomic E-state index is 12.3. The lowest BCUT2D eigenvalue weighted by Gasteiger charge is -2.27. The summed E-state index contributed by atoms with van der Waals surface area (Å²) >= 11 is 1.14. The molecule has 0 atom stereocenters. The minimum Gasteiger partial charge on any atom is -0.507 e. The topological polar surface area (TPSA) is 66.7 Å². The Morgan fingerprint density at radius 3 is 1.96 bits per heavy atom. The number of benzene rings is 1. The van der Waals surface area contributed by atoms with Gasteiger partial charge in [-0.1, -0.05) is 47.6 Å². The summed E-state index contributed by atoms with van der Waals surface area (Å²) in [5, 5.41) is 12.4. The van der Waals surface area contributed by atoms with Crippen LogP contribution in [0.15, 0.2) is 38.3 Å². The van der Waals surface area contributed by atoms with Crippen LogP contribution < -0.4 is 0 Å². The van der Waals surface area contributed by atoms with Crippen LogP contribution in [0.1, 0.15) is 58.2 Å². The van der Waals surface area contributed by atoms with E-state index in [2.05, 4.69) is 4.40 Å². The average Bonchev–Trinajstić information content (AvgIpc) is 2.98. The molecule has 1 heterocycles. The van der Waals surface area contributed by atoms with E-state index in [0.717, 1.165) is 22.5 Å². The van der Waals surface area contributed by atoms with Crippen molar-refractivity contribution in [3.8, 4) is 5.75 Å². The van der Waals surface area contributed by atoms with Crippen LogP contribution in [0, 0.1) is 0 Å². The van der Waals surface area contributed by atoms with Gasteiger partial charge in [-0.3, -0.25) is 0 Å². The van der Waals surface area contributed by atoms with Gasteiger partial charge >= 0.3 is 0 Å². The standard InChI is InChI=1S/C19H25NO3S2/c1-18(2,3)14-10-13(11-15(17(14)21)19(4,5)6)12-20-25(22,23)16-8-7-9-24-16/h7-12,21H,1-6H3/b20-12-. The van der Waals surface area contributed by atoms with Gasteiger partial charge in [-0.05, 0) is 40.0 Å². The Hall–Kier alpha value is -1.66. The first-order valence-corrected chi connectivity index (χ1v) is 10.4. The van der Waals surface area contributed by atoms with E-state index in [1.165, 1.54) is 12.3 Å². The number of nitrogens with zero attached hydrogens (tertiary/aromatic N) is 1. The molecular formula is C19H25NO3S2. The van der Waals surface area contributed by atoms with Crippen molar-refractivity contribution in [2.24, 2.45) is 4.40 Å². The van der Waals surface area contributed by atoms with Gasteiger partial charge in [-0.2, -0.15) is 12.8 Å². The Morgan fingerprint density at radius 1 is 1.04 bits per heavy atom. The molecule has 1 N–H and O–H groups in total. The van der Waals surface area contributed by atoms with Crippen LogP contribution in [-0.4, -0.2) is 19.7 Å². The average molecular weight is 380 g/mol. The van der Waals surface area contributed by atoms with E-state index in [4.69, 9.17) is 0 Å². The molecule has 6 heteroatoms. The Labute approximate surface area is 154 Å². The number of hydrogen-bond acceptors (Lipinski definition) is 4. The fourth-order valence-corrected chi connectivity index (χ4v) is 4.31. The fourth-order valence-electron chi connectivity index (χ4n) is 2.47. The van der Waals surface area contributed by atoms with Crippen molar-refractivity contribution in [2.75, 3.05) is 0 Å². The lowest BCUT2D eigenvalue weighted by Crippen LogP contribution is -2.18. The number of phenolic OH excluding ortho intramolecular Hbond substituents is 1. The lowest BCUT2D eigenvalue weighted by molar-refractivity contribution is 0.423. The molecule has 0 amide bonds. The van der Waals surface area contributed by atoms with Crippen LogP contribution in [0.25, 0.3) is 0 Å². The molecule has 2 aromatic rings. The number of thiophene rings is 1. The summed E-state index contributed by atoms with van der Waals surface area (Å²) in [5.74, 6) is 0.262. The van der Waals surface area contributed by atoms with Crippen molar-refractivity contribution in [1.82, 2.24) is 0 Å². The van der Waals surface area contributed by atoms with Crippen LogP contribution in [0.5, 0.6) is 5.75 Å². The van der Waals surface area contributed by atoms with Crippen LogP contribution in [0.3, 0.4) is 0 Å². The SMILES string of the molecule is CC(C)(C)c1cc(/C=N\S(=O)(=O)c2cccs2)cc(C(C)(C)C)c1O. The first kappa shape index (κ1) is 19.7. The number of sulfonamides is 1. The number of rotatable bonds is 3. The van der Waals surface area contributed by atoms with Gasteiger partial charge in [0.25, 0.3) is 10.0 Å². The molecular weight excluding hydrogens is 354 g/mol. The predicted molar refractivity (Wildman–Crippen MR) is 105 cm³/mol. The molecule has 4 nitrogen and oxygen atoms in total. The van der Waals surface area contributed by atoms with E-state index in [9.17, 15) is 13.5 Å². The van der Waals surface area contributed by atoms with Gasteiger partial charge in [0, 0.05) is 17.3 Å². The van der Waals surface area contributed by atoms with Gasteiger partial charge in [-0.15, -0.1) is 11.3 Å². The number of phenols is 1. The molecule has 25 heavy (non-hydrogen) atoms. The van der Waals surface area contributed by atoms with Crippen LogP contribution in [0.2, 0.25) is 0 Å². The highest BCUT2D eigenvalue weighted by molar-refractivity contribution is 7.92. The van der Waals surface area contributed by atoms with Crippen molar-refractivity contribution >= 4 is 27.6 Å². The number of hydrogen-bond donors (Lipinski definition) is 1. The van der Waals surface area contributed by atoms with Crippen LogP contribution in [0.4, 0.5) is 0 Å². The zero-order chi connectivity index (χ0) is 19.0. The molecule has 0 bridgehead atoms. The van der Waals surface area contributed by atoms with E-state index in [1.807, 2.05) is 41.5 Å². The Kier molecular flexibility index (Phi) is 5.17. The molecule has 0 aliphatic rings. The van der Waals surface area contributed by atoms with E-state index in [-0.39, 0.29) is 20.8 Å². The molecule has 0 aliphatic heterocycles. The molecule has 0 radical (unpaired) electrons. The van der Waals surface area contributed by atoms with Gasteiger partial charge in [-0.25, -0.2) is 0 Å². The monoisotopic (exact) mass is 379 g/mol. The molecule has 0 aliphatic carbocycles. The van der Waals surface area contributed by atoms with Crippen molar-refractivity contribution in [2.45, 2.75) is 56.6 Å². The minimum atomic E-state index is -3.70. The number of aromatic hydroxyl groups is 1. The first-order valence-electron chi connectivity index (χ1n) is 8.04. The van der Waals surface area contributed by atoms with Crippen LogP contribution in [-0.2, 0) is 20.9 Å². The van der Waals surface area contributed by atoms with Gasteiger partial charge in [0.15, 0.2) is 0 Å². The smallest absolute Gasteiger partial charge is 0.291 e. The summed E-state index contributed by atoms with van der Waals surface area (Å²) in [4.78, 5) is 0. The second kappa shape index (κ2) is 6.57. The van der Waals surface area contributed by atoms with Crippen molar-refractivity contribution in [1.29, 1.82) is 0 Å². The quantitative estimate of drug-likeness (QED) is 0.775. The fraction of sp³-hybridized carbons (Fsp3) is 0.421. The molecule has 1 aromatic carbocycles. The highest BCUT2D eigenvalue weighted by Gasteiger charge is 2.26. The normalized spacial score (nSPS) is 13.5. The first-order chi connectivity index (χ1) is 11.3. The molecule has 1 aromatic heterocycles. The maximum Gasteiger partial charge on any atom is 0.291 e. The van der Waals surface area contributed by atoms with Crippen LogP contribution >= 0.6 is 11.3 Å². The minimum absolute atomic E-state index is 0.217. The predicted octanol–water partition coefficient (Wildman–Crippen LogP) is 4.86. The highest BCUT2D eigenvalue weighted by Crippen LogP contribution is 2.39. The van der Waals surface area contributed by atoms with E-state index < -0.39 is 10.0 Å². The Morgan fingerprint density at radius 2 is 1.56 bits per heavy atom. The third-order valence-electron chi connectivity index (χ3n) is 3.84. The summed E-state index contributed by atoms with van der Waals surface area (Å²) in [6, 6.07) is 6.83. The summed E-state index contributed by atoms with van der Waals surface area (Å²) in [6.07, 6.45) is 1.36. The second-order valence-electron chi connectivity index (χ2n) is 8.11. The largest absolute Gasteiger partial charge is 0.507 e. The third kappa shape index (κ3) is 4.50. The Balaban J connectivity index is 2.57. The van der Waals surface area contributed by atoms with Gasteiger partial charge in [0.2, 0.25) is 0 Å². The molecule has 136 valence electrons.